The van der Waals surface area contributed by atoms with Crippen LogP contribution in [0.15, 0.2) is 42.6 Å². The monoisotopic (exact) mass is 417 g/mol. The Hall–Kier alpha value is -2.64. The van der Waals surface area contributed by atoms with Crippen molar-refractivity contribution in [3.63, 3.8) is 0 Å². The summed E-state index contributed by atoms with van der Waals surface area (Å²) in [6.07, 6.45) is 0.855. The van der Waals surface area contributed by atoms with Gasteiger partial charge in [0.1, 0.15) is 11.7 Å². The zero-order chi connectivity index (χ0) is 21.0. The summed E-state index contributed by atoms with van der Waals surface area (Å²) < 4.78 is 11.2. The van der Waals surface area contributed by atoms with Gasteiger partial charge in [-0.15, -0.1) is 0 Å². The van der Waals surface area contributed by atoms with Crippen LogP contribution in [0.1, 0.15) is 42.9 Å². The number of halogens is 1. The third-order valence-corrected chi connectivity index (χ3v) is 4.45. The Morgan fingerprint density at radius 1 is 1.21 bits per heavy atom. The molecule has 1 aliphatic heterocycles. The highest BCUT2D eigenvalue weighted by molar-refractivity contribution is 6.30. The molecule has 0 radical (unpaired) electrons. The van der Waals surface area contributed by atoms with Crippen molar-refractivity contribution in [1.82, 2.24) is 9.88 Å². The van der Waals surface area contributed by atoms with E-state index < -0.39 is 5.60 Å². The number of ether oxygens (including phenoxy) is 2. The quantitative estimate of drug-likeness (QED) is 0.805. The van der Waals surface area contributed by atoms with Gasteiger partial charge in [0.15, 0.2) is 0 Å². The Morgan fingerprint density at radius 3 is 2.55 bits per heavy atom. The van der Waals surface area contributed by atoms with E-state index in [0.29, 0.717) is 41.7 Å². The molecule has 1 atom stereocenters. The Kier molecular flexibility index (Phi) is 6.39. The summed E-state index contributed by atoms with van der Waals surface area (Å²) in [5.41, 5.74) is 1.20. The zero-order valence-corrected chi connectivity index (χ0v) is 17.4. The molecular weight excluding hydrogens is 394 g/mol. The lowest BCUT2D eigenvalue weighted by molar-refractivity contribution is -0.0447. The molecule has 2 amide bonds. The van der Waals surface area contributed by atoms with Gasteiger partial charge in [-0.05, 0) is 57.2 Å². The van der Waals surface area contributed by atoms with Crippen molar-refractivity contribution in [3.05, 3.63) is 58.9 Å². The summed E-state index contributed by atoms with van der Waals surface area (Å²) in [6, 6.07) is 10.2. The third kappa shape index (κ3) is 5.92. The minimum atomic E-state index is -0.549. The van der Waals surface area contributed by atoms with Crippen LogP contribution in [-0.2, 0) is 9.47 Å². The van der Waals surface area contributed by atoms with E-state index in [0.717, 1.165) is 0 Å². The summed E-state index contributed by atoms with van der Waals surface area (Å²) in [6.45, 7) is 6.74. The first kappa shape index (κ1) is 21.1. The van der Waals surface area contributed by atoms with Crippen LogP contribution >= 0.6 is 11.6 Å². The van der Waals surface area contributed by atoms with Gasteiger partial charge in [0.25, 0.3) is 5.91 Å². The van der Waals surface area contributed by atoms with Gasteiger partial charge >= 0.3 is 6.09 Å². The fraction of sp³-hybridized carbons (Fsp3) is 0.381. The second kappa shape index (κ2) is 8.80. The van der Waals surface area contributed by atoms with E-state index in [1.807, 2.05) is 20.8 Å². The minimum absolute atomic E-state index is 0.249. The number of amides is 2. The van der Waals surface area contributed by atoms with Crippen LogP contribution < -0.4 is 5.32 Å². The molecule has 1 N–H and O–H groups in total. The molecule has 154 valence electrons. The van der Waals surface area contributed by atoms with Gasteiger partial charge in [-0.1, -0.05) is 11.6 Å². The number of nitrogens with zero attached hydrogens (tertiary/aromatic N) is 2. The van der Waals surface area contributed by atoms with E-state index in [4.69, 9.17) is 21.1 Å². The number of hydrogen-bond donors (Lipinski definition) is 1. The molecule has 1 aliphatic rings. The van der Waals surface area contributed by atoms with Gasteiger partial charge in [-0.3, -0.25) is 9.78 Å². The van der Waals surface area contributed by atoms with Gasteiger partial charge in [0, 0.05) is 17.1 Å². The number of rotatable bonds is 3. The van der Waals surface area contributed by atoms with Crippen LogP contribution in [0, 0.1) is 0 Å². The van der Waals surface area contributed by atoms with Crippen LogP contribution in [0.4, 0.5) is 10.5 Å². The molecule has 1 saturated heterocycles. The van der Waals surface area contributed by atoms with Crippen molar-refractivity contribution < 1.29 is 19.1 Å². The number of pyridine rings is 1. The molecule has 1 unspecified atom stereocenters. The lowest BCUT2D eigenvalue weighted by Gasteiger charge is -2.34. The van der Waals surface area contributed by atoms with Crippen molar-refractivity contribution in [1.29, 1.82) is 0 Å². The number of hydrogen-bond acceptors (Lipinski definition) is 5. The predicted molar refractivity (Wildman–Crippen MR) is 110 cm³/mol. The molecule has 2 aromatic rings. The second-order valence-electron chi connectivity index (χ2n) is 7.72. The fourth-order valence-corrected chi connectivity index (χ4v) is 2.92. The number of anilines is 1. The summed E-state index contributed by atoms with van der Waals surface area (Å²) in [4.78, 5) is 30.6. The molecule has 1 aromatic carbocycles. The topological polar surface area (TPSA) is 80.8 Å². The van der Waals surface area contributed by atoms with Crippen LogP contribution in [0.3, 0.4) is 0 Å². The molecule has 0 spiro atoms. The fourth-order valence-electron chi connectivity index (χ4n) is 2.79. The normalized spacial score (nSPS) is 17.0. The maximum absolute atomic E-state index is 12.3. The number of aromatic nitrogens is 1. The lowest BCUT2D eigenvalue weighted by atomic mass is 10.1. The molecule has 2 heterocycles. The standard InChI is InChI=1S/C21H24ClN3O4/c1-21(2,3)29-20(27)25-10-11-28-18(13-25)17-9-8-16(12-23-17)24-19(26)14-4-6-15(22)7-5-14/h4-9,12,18H,10-11,13H2,1-3H3,(H,24,26). The smallest absolute Gasteiger partial charge is 0.410 e. The van der Waals surface area contributed by atoms with E-state index in [-0.39, 0.29) is 18.1 Å². The molecule has 0 bridgehead atoms. The van der Waals surface area contributed by atoms with Gasteiger partial charge in [-0.25, -0.2) is 4.79 Å². The first-order valence-electron chi connectivity index (χ1n) is 9.34. The first-order chi connectivity index (χ1) is 13.7. The molecule has 8 heteroatoms. The summed E-state index contributed by atoms with van der Waals surface area (Å²) >= 11 is 5.84. The highest BCUT2D eigenvalue weighted by Crippen LogP contribution is 2.23. The maximum atomic E-state index is 12.3. The predicted octanol–water partition coefficient (Wildman–Crippen LogP) is 4.30. The van der Waals surface area contributed by atoms with Gasteiger partial charge < -0.3 is 19.7 Å². The molecule has 0 saturated carbocycles. The minimum Gasteiger partial charge on any atom is -0.444 e. The molecule has 1 fully saturated rings. The second-order valence-corrected chi connectivity index (χ2v) is 8.15. The molecular formula is C21H24ClN3O4. The zero-order valence-electron chi connectivity index (χ0n) is 16.6. The van der Waals surface area contributed by atoms with Crippen LogP contribution in [0.5, 0.6) is 0 Å². The number of carbonyl (C=O) groups excluding carboxylic acids is 2. The number of morpholine rings is 1. The van der Waals surface area contributed by atoms with E-state index in [1.54, 1.807) is 47.5 Å². The van der Waals surface area contributed by atoms with Crippen LogP contribution in [-0.4, -0.2) is 47.2 Å². The molecule has 3 rings (SSSR count). The molecule has 0 aliphatic carbocycles. The van der Waals surface area contributed by atoms with E-state index in [2.05, 4.69) is 10.3 Å². The lowest BCUT2D eigenvalue weighted by Crippen LogP contribution is -2.44. The van der Waals surface area contributed by atoms with E-state index in [1.165, 1.54) is 0 Å². The molecule has 1 aromatic heterocycles. The first-order valence-corrected chi connectivity index (χ1v) is 9.71. The van der Waals surface area contributed by atoms with Crippen LogP contribution in [0.2, 0.25) is 5.02 Å². The Bertz CT molecular complexity index is 863. The Labute approximate surface area is 175 Å². The summed E-state index contributed by atoms with van der Waals surface area (Å²) in [5, 5.41) is 3.36. The SMILES string of the molecule is CC(C)(C)OC(=O)N1CCOC(c2ccc(NC(=O)c3ccc(Cl)cc3)cn2)C1. The highest BCUT2D eigenvalue weighted by atomic mass is 35.5. The third-order valence-electron chi connectivity index (χ3n) is 4.20. The van der Waals surface area contributed by atoms with Gasteiger partial charge in [0.05, 0.1) is 30.7 Å². The van der Waals surface area contributed by atoms with Crippen molar-refractivity contribution in [2.45, 2.75) is 32.5 Å². The average Bonchev–Trinajstić information content (AvgIpc) is 2.68. The van der Waals surface area contributed by atoms with Gasteiger partial charge in [-0.2, -0.15) is 0 Å². The van der Waals surface area contributed by atoms with Crippen molar-refractivity contribution in [2.75, 3.05) is 25.0 Å². The molecule has 29 heavy (non-hydrogen) atoms. The number of carbonyl (C=O) groups is 2. The average molecular weight is 418 g/mol. The molecule has 7 nitrogen and oxygen atoms in total. The summed E-state index contributed by atoms with van der Waals surface area (Å²) in [7, 11) is 0. The number of nitrogens with one attached hydrogen (secondary N) is 1. The van der Waals surface area contributed by atoms with Crippen molar-refractivity contribution >= 4 is 29.3 Å². The highest BCUT2D eigenvalue weighted by Gasteiger charge is 2.29. The largest absolute Gasteiger partial charge is 0.444 e. The van der Waals surface area contributed by atoms with Gasteiger partial charge in [0.2, 0.25) is 0 Å². The Morgan fingerprint density at radius 2 is 1.93 bits per heavy atom. The van der Waals surface area contributed by atoms with E-state index in [9.17, 15) is 9.59 Å². The number of benzene rings is 1. The van der Waals surface area contributed by atoms with Crippen LogP contribution in [0.25, 0.3) is 0 Å². The maximum Gasteiger partial charge on any atom is 0.410 e. The summed E-state index contributed by atoms with van der Waals surface area (Å²) in [5.74, 6) is -0.249. The van der Waals surface area contributed by atoms with E-state index >= 15 is 0 Å². The van der Waals surface area contributed by atoms with Crippen molar-refractivity contribution in [3.8, 4) is 0 Å². The Balaban J connectivity index is 1.61. The van der Waals surface area contributed by atoms with Crippen molar-refractivity contribution in [2.24, 2.45) is 0 Å².